The van der Waals surface area contributed by atoms with Gasteiger partial charge >= 0.3 is 35.8 Å². The minimum Gasteiger partial charge on any atom is -0.489 e. The molecular formula is C68H80O20. The van der Waals surface area contributed by atoms with Gasteiger partial charge in [0.2, 0.25) is 0 Å². The number of methoxy groups -OCH3 is 2. The second-order valence-corrected chi connectivity index (χ2v) is 21.1. The van der Waals surface area contributed by atoms with Crippen LogP contribution in [0, 0.1) is 0 Å². The number of benzene rings is 4. The van der Waals surface area contributed by atoms with Crippen LogP contribution in [0.4, 0.5) is 0 Å². The molecule has 0 aromatic heterocycles. The lowest BCUT2D eigenvalue weighted by Crippen LogP contribution is -2.18. The third-order valence-electron chi connectivity index (χ3n) is 13.7. The molecule has 0 atom stereocenters. The lowest BCUT2D eigenvalue weighted by Gasteiger charge is -2.25. The highest BCUT2D eigenvalue weighted by Crippen LogP contribution is 2.42. The molecular weight excluding hydrogens is 1140 g/mol. The van der Waals surface area contributed by atoms with Crippen molar-refractivity contribution in [3.63, 3.8) is 0 Å². The van der Waals surface area contributed by atoms with Crippen molar-refractivity contribution in [1.82, 2.24) is 0 Å². The van der Waals surface area contributed by atoms with Crippen LogP contribution in [0.15, 0.2) is 72.8 Å². The van der Waals surface area contributed by atoms with Crippen molar-refractivity contribution >= 4 is 58.9 Å². The zero-order chi connectivity index (χ0) is 64.5. The van der Waals surface area contributed by atoms with Crippen molar-refractivity contribution in [2.24, 2.45) is 0 Å². The van der Waals surface area contributed by atoms with Crippen LogP contribution in [0.2, 0.25) is 0 Å². The molecule has 0 fully saturated rings. The van der Waals surface area contributed by atoms with Gasteiger partial charge in [-0.3, -0.25) is 38.4 Å². The third kappa shape index (κ3) is 20.6. The molecule has 1 aliphatic carbocycles. The zero-order valence-corrected chi connectivity index (χ0v) is 51.8. The lowest BCUT2D eigenvalue weighted by molar-refractivity contribution is -0.155. The normalized spacial score (nSPS) is 11.5. The number of ketones is 4. The molecule has 0 radical (unpaired) electrons. The van der Waals surface area contributed by atoms with Crippen molar-refractivity contribution in [3.05, 3.63) is 140 Å². The van der Waals surface area contributed by atoms with Crippen LogP contribution < -0.4 is 18.9 Å². The van der Waals surface area contributed by atoms with Crippen LogP contribution in [0.25, 0.3) is 0 Å². The Hall–Kier alpha value is -8.94. The fraction of sp³-hybridized carbons (Fsp3) is 0.441. The van der Waals surface area contributed by atoms with E-state index in [1.807, 2.05) is 27.7 Å². The summed E-state index contributed by atoms with van der Waals surface area (Å²) in [6.07, 6.45) is 0.868. The molecule has 1 aliphatic rings. The van der Waals surface area contributed by atoms with Crippen LogP contribution in [-0.4, -0.2) is 126 Å². The standard InChI is InChI=1S/C68H80O20/c1-11-15-55(69)43-27-47-35-48-28-44(56(70)16-12-2)30-50(64(48)84-22-20-82-62(76)40-60(74)80-10)37-52-32-46(58(72)18-14-4)34-54(66(52)86-24-26-88-68(78)42(7)8)38-53-33-45(57(71)17-13-3)31-51(65(53)85-23-25-87-67(77)41(5)6)36-49(29-43)63(47)83-21-19-81-61(75)39-59(73)79-9/h27-34H,5,7,11-26,35-40H2,1-4,6,8-10H3. The molecule has 0 heterocycles. The number of Topliss-reactive ketones (excluding diaryl/α,β-unsaturated/α-hetero) is 4. The fourth-order valence-corrected chi connectivity index (χ4v) is 9.64. The first-order chi connectivity index (χ1) is 42.1. The van der Waals surface area contributed by atoms with E-state index in [4.69, 9.17) is 37.9 Å². The highest BCUT2D eigenvalue weighted by molar-refractivity contribution is 5.99. The van der Waals surface area contributed by atoms with E-state index in [9.17, 15) is 47.9 Å². The maximum atomic E-state index is 14.4. The molecule has 0 spiro atoms. The van der Waals surface area contributed by atoms with E-state index in [0.29, 0.717) is 81.3 Å². The molecule has 0 N–H and O–H groups in total. The summed E-state index contributed by atoms with van der Waals surface area (Å²) in [5.74, 6) is -4.63. The van der Waals surface area contributed by atoms with Gasteiger partial charge in [-0.05, 0) is 133 Å². The molecule has 0 amide bonds. The van der Waals surface area contributed by atoms with Gasteiger partial charge in [0.05, 0.1) is 14.2 Å². The molecule has 4 aromatic rings. The summed E-state index contributed by atoms with van der Waals surface area (Å²) < 4.78 is 57.8. The molecule has 0 aliphatic heterocycles. The number of carbonyl (C=O) groups excluding carboxylic acids is 10. The monoisotopic (exact) mass is 1220 g/mol. The van der Waals surface area contributed by atoms with E-state index in [-0.39, 0.29) is 173 Å². The Morgan fingerprint density at radius 2 is 0.557 bits per heavy atom. The van der Waals surface area contributed by atoms with Crippen molar-refractivity contribution in [3.8, 4) is 23.0 Å². The maximum Gasteiger partial charge on any atom is 0.333 e. The Bertz CT molecular complexity index is 3060. The molecule has 0 saturated heterocycles. The predicted molar refractivity (Wildman–Crippen MR) is 323 cm³/mol. The van der Waals surface area contributed by atoms with Crippen molar-refractivity contribution < 1.29 is 95.3 Å². The van der Waals surface area contributed by atoms with Crippen molar-refractivity contribution in [2.45, 2.75) is 131 Å². The van der Waals surface area contributed by atoms with Gasteiger partial charge in [-0.25, -0.2) is 9.59 Å². The Balaban J connectivity index is 1.98. The average molecular weight is 1220 g/mol. The quantitative estimate of drug-likeness (QED) is 0.00925. The highest BCUT2D eigenvalue weighted by Gasteiger charge is 2.28. The second kappa shape index (κ2) is 35.0. The summed E-state index contributed by atoms with van der Waals surface area (Å²) in [6, 6.07) is 13.5. The largest absolute Gasteiger partial charge is 0.489 e. The number of hydrogen-bond acceptors (Lipinski definition) is 20. The van der Waals surface area contributed by atoms with Crippen molar-refractivity contribution in [2.75, 3.05) is 67.1 Å². The number of ether oxygens (including phenoxy) is 10. The van der Waals surface area contributed by atoms with E-state index in [2.05, 4.69) is 22.6 Å². The number of fused-ring (bicyclic) bond motifs is 8. The molecule has 5 rings (SSSR count). The van der Waals surface area contributed by atoms with Gasteiger partial charge in [0, 0.05) is 84.8 Å². The van der Waals surface area contributed by atoms with Gasteiger partial charge in [0.15, 0.2) is 23.1 Å². The van der Waals surface area contributed by atoms with Gasteiger partial charge < -0.3 is 47.4 Å². The fourth-order valence-electron chi connectivity index (χ4n) is 9.64. The molecule has 0 saturated carbocycles. The maximum absolute atomic E-state index is 14.4. The molecule has 88 heavy (non-hydrogen) atoms. The smallest absolute Gasteiger partial charge is 0.333 e. The van der Waals surface area contributed by atoms with Gasteiger partial charge in [-0.2, -0.15) is 0 Å². The lowest BCUT2D eigenvalue weighted by atomic mass is 9.86. The summed E-state index contributed by atoms with van der Waals surface area (Å²) in [6.45, 7) is 15.8. The zero-order valence-electron chi connectivity index (χ0n) is 51.8. The van der Waals surface area contributed by atoms with Crippen LogP contribution in [0.1, 0.15) is 192 Å². The summed E-state index contributed by atoms with van der Waals surface area (Å²) in [4.78, 5) is 132. The third-order valence-corrected chi connectivity index (χ3v) is 13.7. The Morgan fingerprint density at radius 1 is 0.341 bits per heavy atom. The van der Waals surface area contributed by atoms with Crippen molar-refractivity contribution in [1.29, 1.82) is 0 Å². The predicted octanol–water partition coefficient (Wildman–Crippen LogP) is 10.3. The molecule has 4 aromatic carbocycles. The van der Waals surface area contributed by atoms with Crippen LogP contribution in [-0.2, 0) is 82.9 Å². The topological polar surface area (TPSA) is 263 Å². The Labute approximate surface area is 513 Å². The Kier molecular flexibility index (Phi) is 27.8. The van der Waals surface area contributed by atoms with Gasteiger partial charge in [-0.15, -0.1) is 0 Å². The molecule has 0 unspecified atom stereocenters. The first-order valence-corrected chi connectivity index (χ1v) is 29.5. The highest BCUT2D eigenvalue weighted by atomic mass is 16.6. The summed E-state index contributed by atoms with van der Waals surface area (Å²) in [5, 5.41) is 0. The number of carbonyl (C=O) groups is 10. The Morgan fingerprint density at radius 3 is 0.750 bits per heavy atom. The minimum atomic E-state index is -0.875. The van der Waals surface area contributed by atoms with Gasteiger partial charge in [0.1, 0.15) is 88.7 Å². The number of hydrogen-bond donors (Lipinski definition) is 0. The van der Waals surface area contributed by atoms with Gasteiger partial charge in [0.25, 0.3) is 0 Å². The van der Waals surface area contributed by atoms with E-state index < -0.39 is 48.7 Å². The van der Waals surface area contributed by atoms with E-state index in [0.717, 1.165) is 14.2 Å². The first-order valence-electron chi connectivity index (χ1n) is 29.5. The molecule has 20 heteroatoms. The van der Waals surface area contributed by atoms with E-state index in [1.165, 1.54) is 13.8 Å². The minimum absolute atomic E-state index is 0.0799. The molecule has 8 bridgehead atoms. The summed E-state index contributed by atoms with van der Waals surface area (Å²) >= 11 is 0. The van der Waals surface area contributed by atoms with E-state index in [1.54, 1.807) is 48.5 Å². The summed E-state index contributed by atoms with van der Waals surface area (Å²) in [5.41, 5.74) is 4.77. The van der Waals surface area contributed by atoms with Crippen LogP contribution in [0.3, 0.4) is 0 Å². The molecule has 472 valence electrons. The van der Waals surface area contributed by atoms with Crippen LogP contribution in [0.5, 0.6) is 23.0 Å². The second-order valence-electron chi connectivity index (χ2n) is 21.1. The first kappa shape index (κ1) is 69.8. The molecule has 20 nitrogen and oxygen atoms in total. The summed E-state index contributed by atoms with van der Waals surface area (Å²) in [7, 11) is 2.27. The van der Waals surface area contributed by atoms with E-state index >= 15 is 0 Å². The van der Waals surface area contributed by atoms with Crippen LogP contribution >= 0.6 is 0 Å². The number of esters is 6. The van der Waals surface area contributed by atoms with Gasteiger partial charge in [-0.1, -0.05) is 40.9 Å². The number of rotatable bonds is 34. The SMILES string of the molecule is C=C(C)C(=O)OCCOc1c2cc(C(=O)CCC)cc1Cc1cc(C(=O)CCC)cc(c1OCCOC(=O)C(=C)C)Cc1cc(C(=O)CCC)cc(c1OCCOC(=O)CC(=O)OC)Cc1cc(C(=O)CCC)cc(c1OCCOC(=O)CC(=O)OC)C2. The average Bonchev–Trinajstić information content (AvgIpc) is 1.24.